The smallest absolute Gasteiger partial charge is 0.289 e. The van der Waals surface area contributed by atoms with E-state index in [0.29, 0.717) is 17.0 Å². The van der Waals surface area contributed by atoms with Gasteiger partial charge in [-0.2, -0.15) is 0 Å². The molecule has 1 fully saturated rings. The Morgan fingerprint density at radius 1 is 1.41 bits per heavy atom. The lowest BCUT2D eigenvalue weighted by atomic mass is 10.1. The first-order valence-electron chi connectivity index (χ1n) is 7.18. The second kappa shape index (κ2) is 5.91. The van der Waals surface area contributed by atoms with Crippen molar-refractivity contribution in [3.05, 3.63) is 35.0 Å². The SMILES string of the molecule is CO[C@@H]1CC[C@@H](N(C)C(=O)c2cc3cc(Cl)ccc3o2)[C@H]1O. The van der Waals surface area contributed by atoms with E-state index < -0.39 is 6.10 Å². The predicted octanol–water partition coefficient (Wildman–Crippen LogP) is 2.70. The van der Waals surface area contributed by atoms with E-state index in [-0.39, 0.29) is 23.8 Å². The highest BCUT2D eigenvalue weighted by molar-refractivity contribution is 6.31. The predicted molar refractivity (Wildman–Crippen MR) is 83.1 cm³/mol. The summed E-state index contributed by atoms with van der Waals surface area (Å²) in [5.41, 5.74) is 0.614. The molecule has 3 atom stereocenters. The summed E-state index contributed by atoms with van der Waals surface area (Å²) in [6, 6.07) is 6.61. The molecule has 1 heterocycles. The molecule has 3 rings (SSSR count). The number of halogens is 1. The third-order valence-corrected chi connectivity index (χ3v) is 4.57. The highest BCUT2D eigenvalue weighted by Gasteiger charge is 2.39. The Morgan fingerprint density at radius 2 is 2.18 bits per heavy atom. The highest BCUT2D eigenvalue weighted by atomic mass is 35.5. The number of carbonyl (C=O) groups is 1. The summed E-state index contributed by atoms with van der Waals surface area (Å²) in [5, 5.41) is 11.6. The van der Waals surface area contributed by atoms with Crippen molar-refractivity contribution in [1.29, 1.82) is 0 Å². The average Bonchev–Trinajstić information content (AvgIpc) is 3.08. The van der Waals surface area contributed by atoms with E-state index in [1.165, 1.54) is 4.90 Å². The van der Waals surface area contributed by atoms with Gasteiger partial charge in [0.25, 0.3) is 5.91 Å². The van der Waals surface area contributed by atoms with Crippen molar-refractivity contribution < 1.29 is 19.1 Å². The topological polar surface area (TPSA) is 62.9 Å². The van der Waals surface area contributed by atoms with E-state index in [2.05, 4.69) is 0 Å². The zero-order valence-corrected chi connectivity index (χ0v) is 13.2. The van der Waals surface area contributed by atoms with Crippen molar-refractivity contribution in [2.45, 2.75) is 31.1 Å². The van der Waals surface area contributed by atoms with E-state index in [0.717, 1.165) is 11.8 Å². The van der Waals surface area contributed by atoms with E-state index in [4.69, 9.17) is 20.8 Å². The first kappa shape index (κ1) is 15.3. The quantitative estimate of drug-likeness (QED) is 0.943. The van der Waals surface area contributed by atoms with Crippen LogP contribution in [-0.4, -0.2) is 48.3 Å². The number of methoxy groups -OCH3 is 1. The zero-order chi connectivity index (χ0) is 15.9. The molecule has 5 nitrogen and oxygen atoms in total. The molecule has 0 radical (unpaired) electrons. The van der Waals surface area contributed by atoms with Crippen LogP contribution < -0.4 is 0 Å². The number of hydrogen-bond donors (Lipinski definition) is 1. The number of fused-ring (bicyclic) bond motifs is 1. The van der Waals surface area contributed by atoms with Crippen LogP contribution >= 0.6 is 11.6 Å². The summed E-state index contributed by atoms with van der Waals surface area (Å²) >= 11 is 5.94. The fourth-order valence-electron chi connectivity index (χ4n) is 3.05. The van der Waals surface area contributed by atoms with Gasteiger partial charge in [-0.1, -0.05) is 11.6 Å². The Kier molecular flexibility index (Phi) is 4.12. The van der Waals surface area contributed by atoms with Crippen LogP contribution in [0.25, 0.3) is 11.0 Å². The largest absolute Gasteiger partial charge is 0.451 e. The maximum Gasteiger partial charge on any atom is 0.289 e. The molecule has 0 unspecified atom stereocenters. The van der Waals surface area contributed by atoms with Crippen molar-refractivity contribution in [3.63, 3.8) is 0 Å². The fourth-order valence-corrected chi connectivity index (χ4v) is 3.23. The number of nitrogens with zero attached hydrogens (tertiary/aromatic N) is 1. The second-order valence-corrected chi connectivity index (χ2v) is 6.05. The number of carbonyl (C=O) groups excluding carboxylic acids is 1. The molecule has 0 saturated heterocycles. The summed E-state index contributed by atoms with van der Waals surface area (Å²) in [4.78, 5) is 14.1. The molecule has 0 spiro atoms. The van der Waals surface area contributed by atoms with Gasteiger partial charge in [0.2, 0.25) is 0 Å². The fraction of sp³-hybridized carbons (Fsp3) is 0.438. The number of ether oxygens (including phenoxy) is 1. The molecular weight excluding hydrogens is 306 g/mol. The lowest BCUT2D eigenvalue weighted by Gasteiger charge is -2.27. The van der Waals surface area contributed by atoms with E-state index in [1.807, 2.05) is 0 Å². The Balaban J connectivity index is 1.83. The molecule has 22 heavy (non-hydrogen) atoms. The molecule has 1 saturated carbocycles. The molecule has 0 bridgehead atoms. The normalized spacial score (nSPS) is 24.8. The van der Waals surface area contributed by atoms with Crippen LogP contribution in [0.5, 0.6) is 0 Å². The van der Waals surface area contributed by atoms with Crippen LogP contribution in [0.15, 0.2) is 28.7 Å². The summed E-state index contributed by atoms with van der Waals surface area (Å²) < 4.78 is 10.8. The van der Waals surface area contributed by atoms with E-state index in [9.17, 15) is 9.90 Å². The van der Waals surface area contributed by atoms with Gasteiger partial charge in [0.1, 0.15) is 11.7 Å². The van der Waals surface area contributed by atoms with Crippen LogP contribution in [0.3, 0.4) is 0 Å². The number of benzene rings is 1. The maximum atomic E-state index is 12.6. The number of aliphatic hydroxyl groups excluding tert-OH is 1. The standard InChI is InChI=1S/C16H18ClNO4/c1-18(11-4-6-13(21-2)15(11)19)16(20)14-8-9-7-10(17)3-5-12(9)22-14/h3,5,7-8,11,13,15,19H,4,6H2,1-2H3/t11-,13-,15-/m1/s1. The van der Waals surface area contributed by atoms with Crippen molar-refractivity contribution in [1.82, 2.24) is 4.90 Å². The van der Waals surface area contributed by atoms with E-state index in [1.54, 1.807) is 38.4 Å². The first-order valence-corrected chi connectivity index (χ1v) is 7.56. The number of hydrogen-bond acceptors (Lipinski definition) is 4. The third-order valence-electron chi connectivity index (χ3n) is 4.33. The van der Waals surface area contributed by atoms with Gasteiger partial charge in [0.15, 0.2) is 5.76 Å². The van der Waals surface area contributed by atoms with Gasteiger partial charge in [-0.05, 0) is 37.1 Å². The van der Waals surface area contributed by atoms with Gasteiger partial charge in [0, 0.05) is 24.6 Å². The van der Waals surface area contributed by atoms with Crippen molar-refractivity contribution in [3.8, 4) is 0 Å². The number of likely N-dealkylation sites (N-methyl/N-ethyl adjacent to an activating group) is 1. The van der Waals surface area contributed by atoms with Crippen LogP contribution in [0.2, 0.25) is 5.02 Å². The molecule has 2 aromatic rings. The molecule has 6 heteroatoms. The molecule has 1 aromatic heterocycles. The van der Waals surface area contributed by atoms with Crippen LogP contribution in [0, 0.1) is 0 Å². The number of amides is 1. The maximum absolute atomic E-state index is 12.6. The van der Waals surface area contributed by atoms with Crippen molar-refractivity contribution in [2.24, 2.45) is 0 Å². The minimum atomic E-state index is -0.683. The summed E-state index contributed by atoms with van der Waals surface area (Å²) in [6.07, 6.45) is 0.524. The van der Waals surface area contributed by atoms with Crippen LogP contribution in [0.1, 0.15) is 23.4 Å². The molecule has 1 N–H and O–H groups in total. The second-order valence-electron chi connectivity index (χ2n) is 5.62. The molecular formula is C16H18ClNO4. The van der Waals surface area contributed by atoms with Crippen molar-refractivity contribution >= 4 is 28.5 Å². The zero-order valence-electron chi connectivity index (χ0n) is 12.5. The first-order chi connectivity index (χ1) is 10.5. The number of furan rings is 1. The van der Waals surface area contributed by atoms with Crippen molar-refractivity contribution in [2.75, 3.05) is 14.2 Å². The lowest BCUT2D eigenvalue weighted by molar-refractivity contribution is -0.0160. The third kappa shape index (κ3) is 2.60. The van der Waals surface area contributed by atoms with E-state index >= 15 is 0 Å². The number of rotatable bonds is 3. The molecule has 1 amide bonds. The Bertz CT molecular complexity index is 699. The molecule has 1 aliphatic rings. The lowest BCUT2D eigenvalue weighted by Crippen LogP contribution is -2.44. The van der Waals surface area contributed by atoms with Gasteiger partial charge in [-0.15, -0.1) is 0 Å². The van der Waals surface area contributed by atoms with Gasteiger partial charge < -0.3 is 19.2 Å². The number of aliphatic hydroxyl groups is 1. The summed E-state index contributed by atoms with van der Waals surface area (Å²) in [5.74, 6) is -0.0130. The monoisotopic (exact) mass is 323 g/mol. The minimum absolute atomic E-state index is 0.227. The summed E-state index contributed by atoms with van der Waals surface area (Å²) in [7, 11) is 3.25. The average molecular weight is 324 g/mol. The molecule has 118 valence electrons. The summed E-state index contributed by atoms with van der Waals surface area (Å²) in [6.45, 7) is 0. The van der Waals surface area contributed by atoms with Crippen LogP contribution in [0.4, 0.5) is 0 Å². The molecule has 1 aliphatic carbocycles. The molecule has 0 aliphatic heterocycles. The van der Waals surface area contributed by atoms with Gasteiger partial charge in [0.05, 0.1) is 12.1 Å². The molecule has 1 aromatic carbocycles. The van der Waals surface area contributed by atoms with Crippen LogP contribution in [-0.2, 0) is 4.74 Å². The Labute approximate surface area is 133 Å². The minimum Gasteiger partial charge on any atom is -0.451 e. The van der Waals surface area contributed by atoms with Gasteiger partial charge in [-0.25, -0.2) is 0 Å². The highest BCUT2D eigenvalue weighted by Crippen LogP contribution is 2.28. The Hall–Kier alpha value is -1.56. The Morgan fingerprint density at radius 3 is 2.86 bits per heavy atom. The van der Waals surface area contributed by atoms with Gasteiger partial charge in [-0.3, -0.25) is 4.79 Å². The van der Waals surface area contributed by atoms with Gasteiger partial charge >= 0.3 is 0 Å².